The highest BCUT2D eigenvalue weighted by Crippen LogP contribution is 2.07. The Morgan fingerprint density at radius 2 is 1.68 bits per heavy atom. The number of ketones is 1. The van der Waals surface area contributed by atoms with Gasteiger partial charge in [-0.25, -0.2) is 4.79 Å². The van der Waals surface area contributed by atoms with Crippen LogP contribution in [0.3, 0.4) is 0 Å². The number of amides is 2. The summed E-state index contributed by atoms with van der Waals surface area (Å²) in [5.41, 5.74) is 13.6. The van der Waals surface area contributed by atoms with E-state index in [0.29, 0.717) is 39.0 Å². The Balaban J connectivity index is 4.68. The van der Waals surface area contributed by atoms with E-state index < -0.39 is 35.7 Å². The van der Waals surface area contributed by atoms with E-state index in [1.165, 1.54) is 0 Å². The van der Waals surface area contributed by atoms with Gasteiger partial charge in [-0.1, -0.05) is 13.8 Å². The first-order chi connectivity index (χ1) is 14.7. The van der Waals surface area contributed by atoms with Crippen LogP contribution in [0, 0.1) is 5.92 Å². The first-order valence-corrected chi connectivity index (χ1v) is 10.1. The lowest BCUT2D eigenvalue weighted by atomic mass is 10.0. The van der Waals surface area contributed by atoms with E-state index in [4.69, 9.17) is 20.7 Å². The molecule has 2 atom stereocenters. The molecule has 0 bridgehead atoms. The largest absolute Gasteiger partial charge is 0.480 e. The van der Waals surface area contributed by atoms with Crippen LogP contribution in [0.4, 0.5) is 0 Å². The molecule has 0 heterocycles. The first kappa shape index (κ1) is 28.3. The molecule has 0 aromatic rings. The van der Waals surface area contributed by atoms with Crippen LogP contribution in [-0.2, 0) is 28.7 Å². The number of nitrogens with one attached hydrogen (secondary N) is 2. The summed E-state index contributed by atoms with van der Waals surface area (Å²) in [7, 11) is 0. The van der Waals surface area contributed by atoms with Crippen molar-refractivity contribution in [1.29, 1.82) is 0 Å². The van der Waals surface area contributed by atoms with Crippen LogP contribution in [-0.4, -0.2) is 84.7 Å². The Bertz CT molecular complexity index is 635. The fraction of sp³-hybridized carbons (Fsp3) is 0.737. The summed E-state index contributed by atoms with van der Waals surface area (Å²) in [6, 6.07) is -2.26. The minimum atomic E-state index is -1.33. The molecule has 12 nitrogen and oxygen atoms in total. The number of nitrogens with two attached hydrogens (primary N) is 1. The topological polar surface area (TPSA) is 193 Å². The van der Waals surface area contributed by atoms with E-state index in [9.17, 15) is 24.3 Å². The standard InChI is InChI=1S/C19H33N5O7/c1-13(2)11-16(23-17(26)5-7-30-9-10-31-8-6-20)18(27)24-15(19(28)29)4-3-14(25)12-22-21/h12-13,15-16H,3-11,20H2,1-2H3,(H,23,26)(H,24,27)(H,28,29)/t15-,16-/m0/s1. The fourth-order valence-corrected chi connectivity index (χ4v) is 2.48. The molecule has 0 unspecified atom stereocenters. The molecule has 0 aliphatic carbocycles. The van der Waals surface area contributed by atoms with Crippen molar-refractivity contribution in [3.05, 3.63) is 5.53 Å². The SMILES string of the molecule is CC(C)C[C@H](NC(=O)CCOCCOCCN)C(=O)N[C@@H](CCC(=O)C=[N+]=[N-])C(=O)O. The van der Waals surface area contributed by atoms with Crippen molar-refractivity contribution in [2.45, 2.75) is 51.6 Å². The average molecular weight is 444 g/mol. The second-order valence-corrected chi connectivity index (χ2v) is 7.16. The fourth-order valence-electron chi connectivity index (χ4n) is 2.48. The molecule has 0 aliphatic heterocycles. The Kier molecular flexibility index (Phi) is 15.6. The maximum Gasteiger partial charge on any atom is 0.326 e. The van der Waals surface area contributed by atoms with Crippen LogP contribution in [0.1, 0.15) is 39.5 Å². The number of hydrogen-bond acceptors (Lipinski definition) is 7. The van der Waals surface area contributed by atoms with Crippen molar-refractivity contribution in [2.75, 3.05) is 33.0 Å². The predicted molar refractivity (Wildman–Crippen MR) is 110 cm³/mol. The molecule has 12 heteroatoms. The number of aliphatic carboxylic acids is 1. The van der Waals surface area contributed by atoms with Crippen molar-refractivity contribution in [1.82, 2.24) is 10.6 Å². The smallest absolute Gasteiger partial charge is 0.326 e. The van der Waals surface area contributed by atoms with Crippen LogP contribution in [0.15, 0.2) is 0 Å². The van der Waals surface area contributed by atoms with Gasteiger partial charge in [0.25, 0.3) is 0 Å². The van der Waals surface area contributed by atoms with Crippen LogP contribution in [0.2, 0.25) is 0 Å². The molecule has 176 valence electrons. The average Bonchev–Trinajstić information content (AvgIpc) is 2.69. The number of hydrogen-bond donors (Lipinski definition) is 4. The summed E-state index contributed by atoms with van der Waals surface area (Å²) in [5.74, 6) is -2.92. The van der Waals surface area contributed by atoms with E-state index in [-0.39, 0.29) is 31.8 Å². The molecular weight excluding hydrogens is 410 g/mol. The molecule has 0 radical (unpaired) electrons. The van der Waals surface area contributed by atoms with Gasteiger partial charge in [0.05, 0.1) is 26.4 Å². The molecule has 31 heavy (non-hydrogen) atoms. The van der Waals surface area contributed by atoms with Crippen LogP contribution >= 0.6 is 0 Å². The Morgan fingerprint density at radius 3 is 2.23 bits per heavy atom. The number of ether oxygens (including phenoxy) is 2. The van der Waals surface area contributed by atoms with E-state index >= 15 is 0 Å². The third kappa shape index (κ3) is 14.9. The lowest BCUT2D eigenvalue weighted by Crippen LogP contribution is -2.52. The number of carbonyl (C=O) groups excluding carboxylic acids is 3. The molecule has 0 aliphatic rings. The molecular formula is C19H33N5O7. The van der Waals surface area contributed by atoms with Gasteiger partial charge in [-0.15, -0.1) is 0 Å². The first-order valence-electron chi connectivity index (χ1n) is 10.1. The molecule has 0 saturated heterocycles. The summed E-state index contributed by atoms with van der Waals surface area (Å²) in [5, 5.41) is 14.2. The Hall–Kier alpha value is -2.66. The van der Waals surface area contributed by atoms with E-state index in [1.54, 1.807) is 0 Å². The lowest BCUT2D eigenvalue weighted by Gasteiger charge is -2.22. The van der Waals surface area contributed by atoms with Crippen molar-refractivity contribution < 1.29 is 38.5 Å². The minimum absolute atomic E-state index is 0.0239. The van der Waals surface area contributed by atoms with Crippen LogP contribution in [0.25, 0.3) is 5.53 Å². The highest BCUT2D eigenvalue weighted by molar-refractivity contribution is 6.25. The zero-order valence-corrected chi connectivity index (χ0v) is 18.0. The van der Waals surface area contributed by atoms with Crippen LogP contribution < -0.4 is 16.4 Å². The zero-order valence-electron chi connectivity index (χ0n) is 18.0. The highest BCUT2D eigenvalue weighted by Gasteiger charge is 2.27. The van der Waals surface area contributed by atoms with Gasteiger partial charge in [-0.2, -0.15) is 4.79 Å². The molecule has 0 aromatic carbocycles. The van der Waals surface area contributed by atoms with Crippen molar-refractivity contribution in [3.8, 4) is 0 Å². The lowest BCUT2D eigenvalue weighted by molar-refractivity contribution is -0.142. The van der Waals surface area contributed by atoms with E-state index in [1.807, 2.05) is 13.8 Å². The molecule has 2 amide bonds. The monoisotopic (exact) mass is 443 g/mol. The molecule has 0 rings (SSSR count). The maximum absolute atomic E-state index is 12.6. The zero-order chi connectivity index (χ0) is 23.6. The summed E-state index contributed by atoms with van der Waals surface area (Å²) >= 11 is 0. The van der Waals surface area contributed by atoms with Gasteiger partial charge in [0.15, 0.2) is 0 Å². The summed E-state index contributed by atoms with van der Waals surface area (Å²) in [6.07, 6.45) is 0.571. The third-order valence-electron chi connectivity index (χ3n) is 3.96. The van der Waals surface area contributed by atoms with Crippen molar-refractivity contribution in [2.24, 2.45) is 11.7 Å². The van der Waals surface area contributed by atoms with Gasteiger partial charge in [0, 0.05) is 19.4 Å². The van der Waals surface area contributed by atoms with Gasteiger partial charge in [0.2, 0.25) is 17.6 Å². The highest BCUT2D eigenvalue weighted by atomic mass is 16.5. The van der Waals surface area contributed by atoms with Gasteiger partial charge >= 0.3 is 12.2 Å². The van der Waals surface area contributed by atoms with Crippen molar-refractivity contribution >= 4 is 29.8 Å². The normalized spacial score (nSPS) is 12.5. The molecule has 0 aromatic heterocycles. The second kappa shape index (κ2) is 17.1. The maximum atomic E-state index is 12.6. The molecule has 0 fully saturated rings. The number of carboxylic acid groups (broad SMARTS) is 1. The number of rotatable bonds is 18. The Labute approximate surface area is 181 Å². The van der Waals surface area contributed by atoms with Gasteiger partial charge in [-0.3, -0.25) is 14.4 Å². The molecule has 0 saturated carbocycles. The van der Waals surface area contributed by atoms with E-state index in [0.717, 1.165) is 0 Å². The van der Waals surface area contributed by atoms with Gasteiger partial charge in [0.1, 0.15) is 12.1 Å². The second-order valence-electron chi connectivity index (χ2n) is 7.16. The number of carboxylic acids is 1. The number of nitrogens with zero attached hydrogens (tertiary/aromatic N) is 2. The summed E-state index contributed by atoms with van der Waals surface area (Å²) in [6.45, 7) is 5.37. The number of carbonyl (C=O) groups is 4. The predicted octanol–water partition coefficient (Wildman–Crippen LogP) is -0.881. The summed E-state index contributed by atoms with van der Waals surface area (Å²) < 4.78 is 10.4. The Morgan fingerprint density at radius 1 is 1.03 bits per heavy atom. The van der Waals surface area contributed by atoms with Gasteiger partial charge < -0.3 is 36.5 Å². The van der Waals surface area contributed by atoms with Crippen molar-refractivity contribution in [3.63, 3.8) is 0 Å². The summed E-state index contributed by atoms with van der Waals surface area (Å²) in [4.78, 5) is 50.1. The van der Waals surface area contributed by atoms with Gasteiger partial charge in [-0.05, 0) is 18.8 Å². The quantitative estimate of drug-likeness (QED) is 0.0907. The number of Topliss-reactive ketones (excluding diaryl/α,β-unsaturated/α-hetero) is 1. The van der Waals surface area contributed by atoms with E-state index in [2.05, 4.69) is 15.4 Å². The van der Waals surface area contributed by atoms with Crippen LogP contribution in [0.5, 0.6) is 0 Å². The molecule has 5 N–H and O–H groups in total. The minimum Gasteiger partial charge on any atom is -0.480 e. The molecule has 0 spiro atoms. The third-order valence-corrected chi connectivity index (χ3v) is 3.96.